The fraction of sp³-hybridized carbons (Fsp3) is 0.0588. The number of benzene rings is 11. The molecule has 12 aromatic rings. The van der Waals surface area contributed by atoms with Gasteiger partial charge in [-0.1, -0.05) is 226 Å². The Hall–Kier alpha value is -8.72. The van der Waals surface area contributed by atoms with Crippen molar-refractivity contribution in [1.29, 1.82) is 0 Å². The van der Waals surface area contributed by atoms with Crippen molar-refractivity contribution in [3.05, 3.63) is 282 Å². The molecule has 2 heteroatoms. The van der Waals surface area contributed by atoms with Crippen LogP contribution in [0.25, 0.3) is 77.2 Å². The largest absolute Gasteiger partial charge is 0.453 e. The van der Waals surface area contributed by atoms with E-state index in [1.165, 1.54) is 72.3 Å². The van der Waals surface area contributed by atoms with E-state index in [-0.39, 0.29) is 5.41 Å². The molecule has 1 heterocycles. The maximum Gasteiger partial charge on any atom is 0.159 e. The summed E-state index contributed by atoms with van der Waals surface area (Å²) in [5.74, 6) is 0. The molecule has 2 aliphatic carbocycles. The molecule has 2 nitrogen and oxygen atoms in total. The first kappa shape index (κ1) is 40.4. The number of hydrogen-bond acceptors (Lipinski definition) is 2. The van der Waals surface area contributed by atoms with Crippen LogP contribution in [0, 0.1) is 0 Å². The van der Waals surface area contributed by atoms with Crippen LogP contribution in [0.15, 0.2) is 253 Å². The molecule has 11 aromatic carbocycles. The molecule has 0 fully saturated rings. The number of hydrogen-bond donors (Lipinski definition) is 0. The van der Waals surface area contributed by atoms with Crippen molar-refractivity contribution in [2.75, 3.05) is 4.90 Å². The second-order valence-electron chi connectivity index (χ2n) is 19.5. The number of para-hydroxylation sites is 1. The Balaban J connectivity index is 1.01. The van der Waals surface area contributed by atoms with Crippen LogP contribution >= 0.6 is 0 Å². The number of fused-ring (bicyclic) bond motifs is 11. The summed E-state index contributed by atoms with van der Waals surface area (Å²) in [7, 11) is 0. The highest BCUT2D eigenvalue weighted by Crippen LogP contribution is 2.59. The maximum atomic E-state index is 7.15. The summed E-state index contributed by atoms with van der Waals surface area (Å²) in [6.07, 6.45) is 0. The van der Waals surface area contributed by atoms with Crippen LogP contribution in [0.4, 0.5) is 17.1 Å². The summed E-state index contributed by atoms with van der Waals surface area (Å²) in [4.78, 5) is 2.42. The minimum absolute atomic E-state index is 0.167. The van der Waals surface area contributed by atoms with E-state index in [1.807, 2.05) is 0 Å². The number of nitrogens with zero attached hydrogens (tertiary/aromatic N) is 1. The van der Waals surface area contributed by atoms with Gasteiger partial charge in [-0.15, -0.1) is 0 Å². The summed E-state index contributed by atoms with van der Waals surface area (Å²) in [5.41, 5.74) is 21.9. The van der Waals surface area contributed by atoms with E-state index in [1.54, 1.807) is 0 Å². The van der Waals surface area contributed by atoms with Gasteiger partial charge in [0.05, 0.1) is 11.1 Å². The zero-order valence-electron chi connectivity index (χ0n) is 39.0. The van der Waals surface area contributed by atoms with Gasteiger partial charge >= 0.3 is 0 Å². The van der Waals surface area contributed by atoms with E-state index < -0.39 is 5.41 Å². The highest BCUT2D eigenvalue weighted by atomic mass is 16.3. The van der Waals surface area contributed by atoms with Crippen molar-refractivity contribution >= 4 is 49.8 Å². The van der Waals surface area contributed by atoms with Crippen molar-refractivity contribution in [2.24, 2.45) is 0 Å². The smallest absolute Gasteiger partial charge is 0.159 e. The number of anilines is 3. The summed E-state index contributed by atoms with van der Waals surface area (Å²) in [6, 6.07) is 91.7. The van der Waals surface area contributed by atoms with Crippen LogP contribution in [-0.4, -0.2) is 0 Å². The Morgan fingerprint density at radius 3 is 1.51 bits per heavy atom. The van der Waals surface area contributed by atoms with Gasteiger partial charge in [-0.3, -0.25) is 0 Å². The lowest BCUT2D eigenvalue weighted by Gasteiger charge is -2.35. The van der Waals surface area contributed by atoms with Crippen LogP contribution < -0.4 is 4.90 Å². The molecule has 0 saturated carbocycles. The van der Waals surface area contributed by atoms with Crippen LogP contribution in [0.3, 0.4) is 0 Å². The first-order chi connectivity index (χ1) is 34.5. The molecule has 1 aromatic heterocycles. The Labute approximate surface area is 408 Å². The molecular formula is C68H47NO. The summed E-state index contributed by atoms with van der Waals surface area (Å²) < 4.78 is 7.15. The number of rotatable bonds is 7. The molecule has 14 rings (SSSR count). The second-order valence-corrected chi connectivity index (χ2v) is 19.5. The standard InChI is InChI=1S/C68H47NO/c1-67(2)60-37-13-11-30-54(60)56-34-17-32-51(63(56)67)45-21-15-27-49(42-45)69(62-39-19-36-58-59-41-40-44-20-9-10-29-53(44)65(59)70-66(58)62)50-28-16-22-46(43-50)52-33-18-35-57-55-31-12-14-38-61(55)68(64(52)57,47-23-5-3-6-24-47)48-25-7-4-8-26-48/h3-43H,1-2H3. The van der Waals surface area contributed by atoms with E-state index in [2.05, 4.69) is 267 Å². The number of furan rings is 1. The molecule has 0 aliphatic heterocycles. The topological polar surface area (TPSA) is 16.4 Å². The Bertz CT molecular complexity index is 4010. The second kappa shape index (κ2) is 15.4. The van der Waals surface area contributed by atoms with E-state index in [9.17, 15) is 0 Å². The molecule has 0 bridgehead atoms. The molecule has 0 atom stereocenters. The van der Waals surface area contributed by atoms with Crippen molar-refractivity contribution in [1.82, 2.24) is 0 Å². The third-order valence-corrected chi connectivity index (χ3v) is 15.5. The minimum atomic E-state index is -0.554. The van der Waals surface area contributed by atoms with E-state index in [0.29, 0.717) is 0 Å². The van der Waals surface area contributed by atoms with E-state index in [4.69, 9.17) is 4.42 Å². The first-order valence-corrected chi connectivity index (χ1v) is 24.4. The van der Waals surface area contributed by atoms with Gasteiger partial charge in [0, 0.05) is 32.9 Å². The molecule has 0 amide bonds. The lowest BCUT2D eigenvalue weighted by molar-refractivity contribution is 0.662. The van der Waals surface area contributed by atoms with Crippen LogP contribution in [0.2, 0.25) is 0 Å². The van der Waals surface area contributed by atoms with Crippen molar-refractivity contribution < 1.29 is 4.42 Å². The zero-order chi connectivity index (χ0) is 46.6. The van der Waals surface area contributed by atoms with Gasteiger partial charge in [0.25, 0.3) is 0 Å². The van der Waals surface area contributed by atoms with E-state index >= 15 is 0 Å². The molecule has 70 heavy (non-hydrogen) atoms. The molecule has 0 spiro atoms. The molecule has 0 unspecified atom stereocenters. The minimum Gasteiger partial charge on any atom is -0.453 e. The zero-order valence-corrected chi connectivity index (χ0v) is 39.0. The Kier molecular flexibility index (Phi) is 8.88. The lowest BCUT2D eigenvalue weighted by Crippen LogP contribution is -2.29. The molecule has 330 valence electrons. The van der Waals surface area contributed by atoms with Gasteiger partial charge in [0.1, 0.15) is 5.58 Å². The van der Waals surface area contributed by atoms with Crippen LogP contribution in [-0.2, 0) is 10.8 Å². The average molecular weight is 894 g/mol. The van der Waals surface area contributed by atoms with Gasteiger partial charge in [-0.05, 0) is 120 Å². The van der Waals surface area contributed by atoms with E-state index in [0.717, 1.165) is 55.3 Å². The highest BCUT2D eigenvalue weighted by molar-refractivity contribution is 6.17. The van der Waals surface area contributed by atoms with Gasteiger partial charge in [0.15, 0.2) is 5.58 Å². The summed E-state index contributed by atoms with van der Waals surface area (Å²) in [6.45, 7) is 4.75. The first-order valence-electron chi connectivity index (χ1n) is 24.4. The van der Waals surface area contributed by atoms with Crippen molar-refractivity contribution in [3.8, 4) is 44.5 Å². The quantitative estimate of drug-likeness (QED) is 0.158. The van der Waals surface area contributed by atoms with Crippen LogP contribution in [0.5, 0.6) is 0 Å². The third kappa shape index (κ3) is 5.74. The average Bonchev–Trinajstić information content (AvgIpc) is 4.04. The summed E-state index contributed by atoms with van der Waals surface area (Å²) >= 11 is 0. The Morgan fingerprint density at radius 2 is 0.829 bits per heavy atom. The fourth-order valence-electron chi connectivity index (χ4n) is 12.6. The van der Waals surface area contributed by atoms with Crippen LogP contribution in [0.1, 0.15) is 47.2 Å². The highest BCUT2D eigenvalue weighted by Gasteiger charge is 2.47. The normalized spacial score (nSPS) is 13.8. The van der Waals surface area contributed by atoms with Crippen molar-refractivity contribution in [3.63, 3.8) is 0 Å². The van der Waals surface area contributed by atoms with Gasteiger partial charge in [-0.2, -0.15) is 0 Å². The fourth-order valence-corrected chi connectivity index (χ4v) is 12.6. The Morgan fingerprint density at radius 1 is 0.343 bits per heavy atom. The third-order valence-electron chi connectivity index (χ3n) is 15.5. The maximum absolute atomic E-state index is 7.15. The predicted octanol–water partition coefficient (Wildman–Crippen LogP) is 18.2. The van der Waals surface area contributed by atoms with Gasteiger partial charge < -0.3 is 9.32 Å². The monoisotopic (exact) mass is 893 g/mol. The SMILES string of the molecule is CC1(C)c2ccccc2-c2cccc(-c3cccc(N(c4cccc(-c5cccc6c5C(c5ccccc5)(c5ccccc5)c5ccccc5-6)c4)c4cccc5c4oc4c6ccccc6ccc54)c3)c21. The molecule has 0 saturated heterocycles. The summed E-state index contributed by atoms with van der Waals surface area (Å²) in [5, 5.41) is 4.47. The molecule has 2 aliphatic rings. The van der Waals surface area contributed by atoms with Crippen molar-refractivity contribution in [2.45, 2.75) is 24.7 Å². The molecular weight excluding hydrogens is 847 g/mol. The molecule has 0 N–H and O–H groups in total. The van der Waals surface area contributed by atoms with Gasteiger partial charge in [0.2, 0.25) is 0 Å². The molecule has 0 radical (unpaired) electrons. The predicted molar refractivity (Wildman–Crippen MR) is 292 cm³/mol. The lowest BCUT2D eigenvalue weighted by atomic mass is 9.66. The van der Waals surface area contributed by atoms with Gasteiger partial charge in [-0.25, -0.2) is 0 Å².